The lowest BCUT2D eigenvalue weighted by atomic mass is 10.1. The van der Waals surface area contributed by atoms with Crippen molar-refractivity contribution in [3.8, 4) is 0 Å². The second-order valence-corrected chi connectivity index (χ2v) is 9.05. The van der Waals surface area contributed by atoms with Gasteiger partial charge in [0.25, 0.3) is 23.6 Å². The Labute approximate surface area is 231 Å². The van der Waals surface area contributed by atoms with Gasteiger partial charge in [0.1, 0.15) is 0 Å². The molecule has 0 aromatic heterocycles. The maximum atomic E-state index is 12.7. The van der Waals surface area contributed by atoms with Crippen LogP contribution in [0.15, 0.2) is 48.5 Å². The molecule has 0 saturated carbocycles. The van der Waals surface area contributed by atoms with Crippen molar-refractivity contribution in [3.63, 3.8) is 0 Å². The first kappa shape index (κ1) is 29.0. The minimum Gasteiger partial charge on any atom is -0.478 e. The van der Waals surface area contributed by atoms with Gasteiger partial charge in [0.05, 0.1) is 55.2 Å². The van der Waals surface area contributed by atoms with E-state index in [1.165, 1.54) is 12.1 Å². The molecule has 2 aliphatic heterocycles. The van der Waals surface area contributed by atoms with Crippen LogP contribution in [0.5, 0.6) is 0 Å². The van der Waals surface area contributed by atoms with E-state index in [1.54, 1.807) is 36.4 Å². The summed E-state index contributed by atoms with van der Waals surface area (Å²) in [6.45, 7) is 4.51. The third-order valence-corrected chi connectivity index (χ3v) is 6.60. The molecule has 12 nitrogen and oxygen atoms in total. The van der Waals surface area contributed by atoms with Crippen molar-refractivity contribution in [2.75, 3.05) is 59.2 Å². The molecule has 1 unspecified atom stereocenters. The van der Waals surface area contributed by atoms with Gasteiger partial charge in [-0.2, -0.15) is 0 Å². The Balaban J connectivity index is 1.25. The first-order valence-electron chi connectivity index (χ1n) is 13.0. The van der Waals surface area contributed by atoms with Gasteiger partial charge in [0, 0.05) is 26.2 Å². The van der Waals surface area contributed by atoms with Gasteiger partial charge >= 0.3 is 5.97 Å². The molecule has 2 aliphatic rings. The van der Waals surface area contributed by atoms with Gasteiger partial charge in [-0.15, -0.1) is 0 Å². The number of ether oxygens (including phenoxy) is 3. The number of aliphatic carboxylic acids is 1. The average Bonchev–Trinajstić information content (AvgIpc) is 3.35. The Morgan fingerprint density at radius 1 is 0.750 bits per heavy atom. The summed E-state index contributed by atoms with van der Waals surface area (Å²) in [6.07, 6.45) is -1.77. The molecular formula is C28H31N3O9. The monoisotopic (exact) mass is 553 g/mol. The fourth-order valence-electron chi connectivity index (χ4n) is 4.54. The zero-order valence-corrected chi connectivity index (χ0v) is 22.1. The van der Waals surface area contributed by atoms with Crippen LogP contribution in [-0.2, 0) is 19.0 Å². The number of fused-ring (bicyclic) bond motifs is 2. The van der Waals surface area contributed by atoms with E-state index in [-0.39, 0.29) is 55.9 Å². The number of carbonyl (C=O) groups excluding carboxylic acids is 4. The van der Waals surface area contributed by atoms with Gasteiger partial charge in [0.15, 0.2) is 0 Å². The SMILES string of the molecule is CCOCCN(CCOCCN1C(=O)c2ccccc2C1=O)CCOC(C(=O)O)N1C(=O)c2ccccc2C1=O. The third kappa shape index (κ3) is 6.26. The quantitative estimate of drug-likeness (QED) is 0.239. The third-order valence-electron chi connectivity index (χ3n) is 6.60. The van der Waals surface area contributed by atoms with Gasteiger partial charge < -0.3 is 19.3 Å². The summed E-state index contributed by atoms with van der Waals surface area (Å²) in [5.41, 5.74) is 1.05. The number of amides is 4. The highest BCUT2D eigenvalue weighted by atomic mass is 16.5. The smallest absolute Gasteiger partial charge is 0.354 e. The molecule has 0 radical (unpaired) electrons. The maximum absolute atomic E-state index is 12.7. The van der Waals surface area contributed by atoms with Crippen molar-refractivity contribution in [1.82, 2.24) is 14.7 Å². The van der Waals surface area contributed by atoms with Gasteiger partial charge in [-0.05, 0) is 31.2 Å². The van der Waals surface area contributed by atoms with E-state index < -0.39 is 24.0 Å². The summed E-state index contributed by atoms with van der Waals surface area (Å²) in [6, 6.07) is 12.8. The van der Waals surface area contributed by atoms with Gasteiger partial charge in [-0.25, -0.2) is 9.69 Å². The molecule has 0 aliphatic carbocycles. The van der Waals surface area contributed by atoms with Crippen LogP contribution in [0.2, 0.25) is 0 Å². The van der Waals surface area contributed by atoms with Crippen LogP contribution >= 0.6 is 0 Å². The Bertz CT molecular complexity index is 1210. The Kier molecular flexibility index (Phi) is 9.72. The molecule has 4 rings (SSSR count). The molecular weight excluding hydrogens is 522 g/mol. The number of carbonyl (C=O) groups is 5. The number of carboxylic acid groups (broad SMARTS) is 1. The fraction of sp³-hybridized carbons (Fsp3) is 0.393. The van der Waals surface area contributed by atoms with Crippen molar-refractivity contribution in [2.45, 2.75) is 13.2 Å². The molecule has 2 aromatic carbocycles. The molecule has 1 N–H and O–H groups in total. The number of carboxylic acids is 1. The van der Waals surface area contributed by atoms with E-state index in [0.29, 0.717) is 42.3 Å². The average molecular weight is 554 g/mol. The first-order valence-corrected chi connectivity index (χ1v) is 13.0. The molecule has 212 valence electrons. The second-order valence-electron chi connectivity index (χ2n) is 9.05. The van der Waals surface area contributed by atoms with Crippen LogP contribution in [-0.4, -0.2) is 115 Å². The van der Waals surface area contributed by atoms with Crippen LogP contribution in [0.25, 0.3) is 0 Å². The van der Waals surface area contributed by atoms with Crippen LogP contribution in [0.4, 0.5) is 0 Å². The lowest BCUT2D eigenvalue weighted by Crippen LogP contribution is -2.47. The summed E-state index contributed by atoms with van der Waals surface area (Å²) < 4.78 is 16.6. The van der Waals surface area contributed by atoms with Crippen molar-refractivity contribution in [2.24, 2.45) is 0 Å². The number of hydrogen-bond acceptors (Lipinski definition) is 9. The summed E-state index contributed by atoms with van der Waals surface area (Å²) in [5.74, 6) is -3.57. The minimum absolute atomic E-state index is 0.0778. The van der Waals surface area contributed by atoms with Crippen LogP contribution in [0.3, 0.4) is 0 Å². The van der Waals surface area contributed by atoms with E-state index >= 15 is 0 Å². The van der Waals surface area contributed by atoms with Crippen molar-refractivity contribution < 1.29 is 43.3 Å². The summed E-state index contributed by atoms with van der Waals surface area (Å²) >= 11 is 0. The van der Waals surface area contributed by atoms with Gasteiger partial charge in [-0.3, -0.25) is 29.0 Å². The Morgan fingerprint density at radius 3 is 1.73 bits per heavy atom. The van der Waals surface area contributed by atoms with Crippen molar-refractivity contribution in [1.29, 1.82) is 0 Å². The molecule has 0 bridgehead atoms. The predicted octanol–water partition coefficient (Wildman–Crippen LogP) is 1.36. The summed E-state index contributed by atoms with van der Waals surface area (Å²) in [4.78, 5) is 66.0. The van der Waals surface area contributed by atoms with Crippen molar-refractivity contribution in [3.05, 3.63) is 70.8 Å². The molecule has 0 saturated heterocycles. The Hall–Kier alpha value is -3.97. The highest BCUT2D eigenvalue weighted by molar-refractivity contribution is 6.22. The molecule has 2 aromatic rings. The summed E-state index contributed by atoms with van der Waals surface area (Å²) in [5, 5.41) is 9.70. The molecule has 40 heavy (non-hydrogen) atoms. The predicted molar refractivity (Wildman–Crippen MR) is 140 cm³/mol. The second kappa shape index (κ2) is 13.4. The number of benzene rings is 2. The van der Waals surface area contributed by atoms with Crippen LogP contribution in [0, 0.1) is 0 Å². The van der Waals surface area contributed by atoms with E-state index in [0.717, 1.165) is 4.90 Å². The van der Waals surface area contributed by atoms with Crippen molar-refractivity contribution >= 4 is 29.6 Å². The Morgan fingerprint density at radius 2 is 1.23 bits per heavy atom. The lowest BCUT2D eigenvalue weighted by Gasteiger charge is -2.26. The molecule has 0 spiro atoms. The minimum atomic E-state index is -1.77. The fourth-order valence-corrected chi connectivity index (χ4v) is 4.54. The molecule has 0 fully saturated rings. The van der Waals surface area contributed by atoms with Crippen LogP contribution < -0.4 is 0 Å². The summed E-state index contributed by atoms with van der Waals surface area (Å²) in [7, 11) is 0. The highest BCUT2D eigenvalue weighted by Crippen LogP contribution is 2.25. The number of imide groups is 2. The molecule has 1 atom stereocenters. The molecule has 4 amide bonds. The van der Waals surface area contributed by atoms with E-state index in [4.69, 9.17) is 14.2 Å². The maximum Gasteiger partial charge on any atom is 0.354 e. The number of rotatable bonds is 16. The largest absolute Gasteiger partial charge is 0.478 e. The normalized spacial score (nSPS) is 15.2. The zero-order chi connectivity index (χ0) is 28.6. The van der Waals surface area contributed by atoms with E-state index in [9.17, 15) is 29.1 Å². The zero-order valence-electron chi connectivity index (χ0n) is 22.1. The number of nitrogens with zero attached hydrogens (tertiary/aromatic N) is 3. The van der Waals surface area contributed by atoms with Crippen LogP contribution in [0.1, 0.15) is 48.4 Å². The molecule has 2 heterocycles. The standard InChI is InChI=1S/C28H31N3O9/c1-2-38-15-11-29(12-16-39-17-14-30-23(32)19-7-3-4-8-20(19)24(30)33)13-18-40-27(28(36)37)31-25(34)21-9-5-6-10-22(21)26(31)35/h3-10,27H,2,11-18H2,1H3,(H,36,37). The number of hydrogen-bond donors (Lipinski definition) is 1. The van der Waals surface area contributed by atoms with Gasteiger partial charge in [0.2, 0.25) is 6.23 Å². The highest BCUT2D eigenvalue weighted by Gasteiger charge is 2.43. The van der Waals surface area contributed by atoms with Gasteiger partial charge in [-0.1, -0.05) is 24.3 Å². The van der Waals surface area contributed by atoms with E-state index in [2.05, 4.69) is 0 Å². The van der Waals surface area contributed by atoms with E-state index in [1.807, 2.05) is 11.8 Å². The lowest BCUT2D eigenvalue weighted by molar-refractivity contribution is -0.159. The molecule has 12 heteroatoms. The first-order chi connectivity index (χ1) is 19.3. The topological polar surface area (TPSA) is 143 Å².